The van der Waals surface area contributed by atoms with E-state index in [0.29, 0.717) is 10.8 Å². The van der Waals surface area contributed by atoms with Crippen LogP contribution in [0.5, 0.6) is 0 Å². The van der Waals surface area contributed by atoms with Crippen molar-refractivity contribution in [3.63, 3.8) is 0 Å². The second-order valence-corrected chi connectivity index (χ2v) is 13.8. The van der Waals surface area contributed by atoms with Crippen molar-refractivity contribution in [2.24, 2.45) is 0 Å². The highest BCUT2D eigenvalue weighted by molar-refractivity contribution is 6.07. The summed E-state index contributed by atoms with van der Waals surface area (Å²) >= 11 is 0. The summed E-state index contributed by atoms with van der Waals surface area (Å²) in [5.41, 5.74) is 3.74. The molecule has 0 aliphatic rings. The van der Waals surface area contributed by atoms with Crippen molar-refractivity contribution >= 4 is 65.2 Å². The van der Waals surface area contributed by atoms with E-state index in [0.717, 1.165) is 93.2 Å². The van der Waals surface area contributed by atoms with E-state index in [1.807, 2.05) is 24.3 Å². The lowest BCUT2D eigenvalue weighted by atomic mass is 10.00. The summed E-state index contributed by atoms with van der Waals surface area (Å²) in [6, 6.07) is 29.2. The maximum atomic E-state index is 14.5. The normalized spacial score (nSPS) is 12.0. The van der Waals surface area contributed by atoms with Gasteiger partial charge in [-0.1, -0.05) is 127 Å². The SMILES string of the molecule is CCCCCCCCn1c2cc3ccccc3cc2c(=O)c2cc3c(cc21)c(=O)c1cc2ccccc2cc1n3CCCCCCCC. The number of fused-ring (bicyclic) bond motifs is 6. The summed E-state index contributed by atoms with van der Waals surface area (Å²) in [6.45, 7) is 6.13. The molecule has 7 rings (SSSR count). The van der Waals surface area contributed by atoms with Crippen LogP contribution >= 0.6 is 0 Å². The minimum atomic E-state index is 0.0454. The van der Waals surface area contributed by atoms with Crippen molar-refractivity contribution in [2.75, 3.05) is 0 Å². The molecule has 246 valence electrons. The maximum absolute atomic E-state index is 14.5. The van der Waals surface area contributed by atoms with Crippen LogP contribution in [0, 0.1) is 0 Å². The lowest BCUT2D eigenvalue weighted by molar-refractivity contribution is 0.569. The van der Waals surface area contributed by atoms with Gasteiger partial charge < -0.3 is 9.13 Å². The molecule has 0 N–H and O–H groups in total. The highest BCUT2D eigenvalue weighted by atomic mass is 16.1. The van der Waals surface area contributed by atoms with Crippen molar-refractivity contribution in [1.29, 1.82) is 0 Å². The minimum Gasteiger partial charge on any atom is -0.340 e. The molecule has 0 aliphatic carbocycles. The highest BCUT2D eigenvalue weighted by Gasteiger charge is 2.18. The molecule has 0 spiro atoms. The van der Waals surface area contributed by atoms with E-state index in [1.54, 1.807) is 0 Å². The molecular weight excluding hydrogens is 588 g/mol. The Hall–Kier alpha value is -4.44. The first-order valence-corrected chi connectivity index (χ1v) is 18.5. The first-order valence-electron chi connectivity index (χ1n) is 18.5. The van der Waals surface area contributed by atoms with Gasteiger partial charge in [-0.25, -0.2) is 0 Å². The molecule has 0 bridgehead atoms. The first kappa shape index (κ1) is 32.1. The molecule has 7 aromatic rings. The van der Waals surface area contributed by atoms with Gasteiger partial charge in [0.05, 0.1) is 22.1 Å². The van der Waals surface area contributed by atoms with Crippen molar-refractivity contribution in [3.8, 4) is 0 Å². The Kier molecular flexibility index (Phi) is 9.61. The standard InChI is InChI=1S/C44H48N2O2/c1-3-5-7-9-11-17-23-45-39-27-33-21-15-13-19-31(33)25-35(39)43(47)37-30-42-38(29-41(37)45)44(48)36-26-32-20-14-16-22-34(32)28-40(36)46(42)24-18-12-10-8-6-4-2/h13-16,19-22,25-30H,3-12,17-18,23-24H2,1-2H3. The van der Waals surface area contributed by atoms with Crippen LogP contribution in [0.2, 0.25) is 0 Å². The lowest BCUT2D eigenvalue weighted by Gasteiger charge is -2.20. The topological polar surface area (TPSA) is 44.0 Å². The summed E-state index contributed by atoms with van der Waals surface area (Å²) in [5.74, 6) is 0. The molecule has 0 radical (unpaired) electrons. The first-order chi connectivity index (χ1) is 23.6. The second kappa shape index (κ2) is 14.4. The summed E-state index contributed by atoms with van der Waals surface area (Å²) in [7, 11) is 0. The molecule has 2 aromatic heterocycles. The molecule has 0 aliphatic heterocycles. The molecule has 0 amide bonds. The monoisotopic (exact) mass is 636 g/mol. The van der Waals surface area contributed by atoms with Crippen LogP contribution in [-0.2, 0) is 13.1 Å². The fourth-order valence-electron chi connectivity index (χ4n) is 7.79. The highest BCUT2D eigenvalue weighted by Crippen LogP contribution is 2.31. The van der Waals surface area contributed by atoms with Gasteiger partial charge in [-0.15, -0.1) is 0 Å². The third-order valence-electron chi connectivity index (χ3n) is 10.5. The molecular formula is C44H48N2O2. The summed E-state index contributed by atoms with van der Waals surface area (Å²) < 4.78 is 4.67. The predicted molar refractivity (Wildman–Crippen MR) is 207 cm³/mol. The van der Waals surface area contributed by atoms with Crippen molar-refractivity contribution in [3.05, 3.63) is 105 Å². The lowest BCUT2D eigenvalue weighted by Crippen LogP contribution is -2.16. The zero-order chi connectivity index (χ0) is 33.0. The van der Waals surface area contributed by atoms with Gasteiger partial charge in [0.25, 0.3) is 0 Å². The molecule has 0 atom stereocenters. The minimum absolute atomic E-state index is 0.0454. The molecule has 0 saturated carbocycles. The van der Waals surface area contributed by atoms with Gasteiger partial charge in [0.15, 0.2) is 10.9 Å². The van der Waals surface area contributed by atoms with E-state index in [4.69, 9.17) is 0 Å². The van der Waals surface area contributed by atoms with E-state index >= 15 is 0 Å². The van der Waals surface area contributed by atoms with Crippen LogP contribution in [-0.4, -0.2) is 9.13 Å². The molecule has 5 aromatic carbocycles. The number of hydrogen-bond donors (Lipinski definition) is 0. The van der Waals surface area contributed by atoms with E-state index in [-0.39, 0.29) is 10.9 Å². The maximum Gasteiger partial charge on any atom is 0.197 e. The number of pyridine rings is 2. The Morgan fingerprint density at radius 2 is 0.708 bits per heavy atom. The Bertz CT molecular complexity index is 2210. The summed E-state index contributed by atoms with van der Waals surface area (Å²) in [4.78, 5) is 28.9. The Morgan fingerprint density at radius 3 is 1.10 bits per heavy atom. The van der Waals surface area contributed by atoms with E-state index < -0.39 is 0 Å². The average Bonchev–Trinajstić information content (AvgIpc) is 3.12. The van der Waals surface area contributed by atoms with Crippen molar-refractivity contribution in [2.45, 2.75) is 104 Å². The number of unbranched alkanes of at least 4 members (excludes halogenated alkanes) is 10. The third-order valence-corrected chi connectivity index (χ3v) is 10.5. The Morgan fingerprint density at radius 1 is 0.396 bits per heavy atom. The van der Waals surface area contributed by atoms with Crippen molar-refractivity contribution < 1.29 is 0 Å². The zero-order valence-corrected chi connectivity index (χ0v) is 28.7. The van der Waals surface area contributed by atoms with E-state index in [9.17, 15) is 9.59 Å². The van der Waals surface area contributed by atoms with Crippen LogP contribution < -0.4 is 10.9 Å². The molecule has 0 fully saturated rings. The van der Waals surface area contributed by atoms with Crippen LogP contribution in [0.15, 0.2) is 94.5 Å². The van der Waals surface area contributed by atoms with E-state index in [2.05, 4.69) is 83.6 Å². The summed E-state index contributed by atoms with van der Waals surface area (Å²) in [6.07, 6.45) is 14.4. The van der Waals surface area contributed by atoms with Gasteiger partial charge in [-0.3, -0.25) is 9.59 Å². The van der Waals surface area contributed by atoms with Crippen LogP contribution in [0.4, 0.5) is 0 Å². The van der Waals surface area contributed by atoms with Gasteiger partial charge in [0, 0.05) is 34.6 Å². The number of rotatable bonds is 14. The number of nitrogens with zero attached hydrogens (tertiary/aromatic N) is 2. The van der Waals surface area contributed by atoms with Crippen molar-refractivity contribution in [1.82, 2.24) is 9.13 Å². The second-order valence-electron chi connectivity index (χ2n) is 13.8. The summed E-state index contributed by atoms with van der Waals surface area (Å²) in [5, 5.41) is 7.31. The molecule has 0 unspecified atom stereocenters. The number of benzene rings is 5. The van der Waals surface area contributed by atoms with Gasteiger partial charge in [0.2, 0.25) is 0 Å². The molecule has 48 heavy (non-hydrogen) atoms. The largest absolute Gasteiger partial charge is 0.340 e. The zero-order valence-electron chi connectivity index (χ0n) is 28.7. The van der Waals surface area contributed by atoms with Gasteiger partial charge in [-0.2, -0.15) is 0 Å². The quantitative estimate of drug-likeness (QED) is 0.0880. The average molecular weight is 637 g/mol. The number of aromatic nitrogens is 2. The molecule has 0 saturated heterocycles. The Labute approximate surface area is 283 Å². The number of aryl methyl sites for hydroxylation is 2. The Balaban J connectivity index is 1.47. The number of hydrogen-bond acceptors (Lipinski definition) is 2. The molecule has 4 heteroatoms. The molecule has 4 nitrogen and oxygen atoms in total. The van der Waals surface area contributed by atoms with Gasteiger partial charge >= 0.3 is 0 Å². The van der Waals surface area contributed by atoms with Gasteiger partial charge in [0.1, 0.15) is 0 Å². The van der Waals surface area contributed by atoms with Crippen LogP contribution in [0.25, 0.3) is 65.2 Å². The fourth-order valence-corrected chi connectivity index (χ4v) is 7.79. The van der Waals surface area contributed by atoms with Crippen LogP contribution in [0.1, 0.15) is 90.9 Å². The predicted octanol–water partition coefficient (Wildman–Crippen LogP) is 11.7. The van der Waals surface area contributed by atoms with Gasteiger partial charge in [-0.05, 0) is 70.8 Å². The van der Waals surface area contributed by atoms with E-state index in [1.165, 1.54) is 51.4 Å². The third kappa shape index (κ3) is 6.14. The van der Waals surface area contributed by atoms with Crippen LogP contribution in [0.3, 0.4) is 0 Å². The fraction of sp³-hybridized carbons (Fsp3) is 0.364. The smallest absolute Gasteiger partial charge is 0.197 e. The molecule has 2 heterocycles.